The quantitative estimate of drug-likeness (QED) is 0.386. The molecule has 2 heterocycles. The minimum Gasteiger partial charge on any atom is -0.322 e. The molecule has 6 heteroatoms. The number of nitrogens with zero attached hydrogens (tertiary/aromatic N) is 2. The summed E-state index contributed by atoms with van der Waals surface area (Å²) in [4.78, 5) is 32.0. The Bertz CT molecular complexity index is 1380. The number of pyridine rings is 1. The van der Waals surface area contributed by atoms with Gasteiger partial charge in [-0.05, 0) is 48.0 Å². The number of halogens is 1. The number of amides is 2. The van der Waals surface area contributed by atoms with Crippen LogP contribution >= 0.6 is 15.9 Å². The fraction of sp³-hybridized carbons (Fsp3) is 0.0385. The SMILES string of the molecule is O=C(/C=C1/C(=O)N(Cc2ccc(Br)cc2)c2ccccc21)Nc1ccc2ncccc2c1. The van der Waals surface area contributed by atoms with E-state index < -0.39 is 0 Å². The molecule has 0 saturated heterocycles. The molecular formula is C26H18BrN3O2. The third-order valence-electron chi connectivity index (χ3n) is 5.36. The van der Waals surface area contributed by atoms with E-state index in [4.69, 9.17) is 0 Å². The molecule has 1 aliphatic rings. The number of fused-ring (bicyclic) bond motifs is 2. The average molecular weight is 484 g/mol. The van der Waals surface area contributed by atoms with Crippen LogP contribution in [0.5, 0.6) is 0 Å². The molecule has 1 aliphatic heterocycles. The molecule has 0 aliphatic carbocycles. The van der Waals surface area contributed by atoms with Crippen LogP contribution in [-0.4, -0.2) is 16.8 Å². The minimum atomic E-state index is -0.350. The molecule has 1 aromatic heterocycles. The van der Waals surface area contributed by atoms with E-state index >= 15 is 0 Å². The predicted octanol–water partition coefficient (Wildman–Crippen LogP) is 5.57. The Kier molecular flexibility index (Phi) is 5.29. The summed E-state index contributed by atoms with van der Waals surface area (Å²) >= 11 is 3.44. The average Bonchev–Trinajstić information content (AvgIpc) is 3.06. The van der Waals surface area contributed by atoms with Crippen molar-refractivity contribution in [3.8, 4) is 0 Å². The summed E-state index contributed by atoms with van der Waals surface area (Å²) in [6.45, 7) is 0.430. The van der Waals surface area contributed by atoms with Crippen molar-refractivity contribution in [2.24, 2.45) is 0 Å². The van der Waals surface area contributed by atoms with Gasteiger partial charge in [-0.25, -0.2) is 0 Å². The van der Waals surface area contributed by atoms with Crippen molar-refractivity contribution in [1.82, 2.24) is 4.98 Å². The summed E-state index contributed by atoms with van der Waals surface area (Å²) in [5.41, 5.74) is 4.46. The highest BCUT2D eigenvalue weighted by molar-refractivity contribution is 9.10. The van der Waals surface area contributed by atoms with Gasteiger partial charge in [0.25, 0.3) is 5.91 Å². The van der Waals surface area contributed by atoms with Crippen LogP contribution < -0.4 is 10.2 Å². The van der Waals surface area contributed by atoms with Gasteiger partial charge < -0.3 is 10.2 Å². The number of benzene rings is 3. The van der Waals surface area contributed by atoms with Gasteiger partial charge in [0.2, 0.25) is 5.91 Å². The molecule has 4 aromatic rings. The molecule has 2 amide bonds. The fourth-order valence-corrected chi connectivity index (χ4v) is 4.10. The van der Waals surface area contributed by atoms with Crippen LogP contribution in [0.25, 0.3) is 16.5 Å². The number of nitrogens with one attached hydrogen (secondary N) is 1. The second-order valence-corrected chi connectivity index (χ2v) is 8.41. The molecule has 5 nitrogen and oxygen atoms in total. The standard InChI is InChI=1S/C26H18BrN3O2/c27-19-9-7-17(8-10-19)16-30-24-6-2-1-5-21(24)22(26(30)32)15-25(31)29-20-11-12-23-18(14-20)4-3-13-28-23/h1-15H,16H2,(H,29,31)/b22-15+. The Labute approximate surface area is 193 Å². The zero-order chi connectivity index (χ0) is 22.1. The van der Waals surface area contributed by atoms with Gasteiger partial charge in [-0.1, -0.05) is 52.3 Å². The third kappa shape index (κ3) is 3.92. The van der Waals surface area contributed by atoms with Crippen LogP contribution in [-0.2, 0) is 16.1 Å². The summed E-state index contributed by atoms with van der Waals surface area (Å²) < 4.78 is 0.983. The maximum Gasteiger partial charge on any atom is 0.259 e. The van der Waals surface area contributed by atoms with Crippen LogP contribution in [0.2, 0.25) is 0 Å². The molecule has 0 unspecified atom stereocenters. The van der Waals surface area contributed by atoms with Crippen molar-refractivity contribution in [3.05, 3.63) is 107 Å². The first-order chi connectivity index (χ1) is 15.6. The van der Waals surface area contributed by atoms with Gasteiger partial charge in [0.05, 0.1) is 23.3 Å². The number of carbonyl (C=O) groups is 2. The number of carbonyl (C=O) groups excluding carboxylic acids is 2. The number of hydrogen-bond acceptors (Lipinski definition) is 3. The summed E-state index contributed by atoms with van der Waals surface area (Å²) in [6.07, 6.45) is 3.12. The Balaban J connectivity index is 1.42. The summed E-state index contributed by atoms with van der Waals surface area (Å²) in [5.74, 6) is -0.538. The molecule has 5 rings (SSSR count). The lowest BCUT2D eigenvalue weighted by atomic mass is 10.1. The number of anilines is 2. The molecule has 0 fully saturated rings. The van der Waals surface area contributed by atoms with Crippen molar-refractivity contribution >= 4 is 55.6 Å². The number of para-hydroxylation sites is 1. The second-order valence-electron chi connectivity index (χ2n) is 7.49. The van der Waals surface area contributed by atoms with Gasteiger partial charge in [-0.3, -0.25) is 14.6 Å². The summed E-state index contributed by atoms with van der Waals surface area (Å²) in [5, 5.41) is 3.80. The van der Waals surface area contributed by atoms with E-state index in [0.29, 0.717) is 17.8 Å². The van der Waals surface area contributed by atoms with Gasteiger partial charge >= 0.3 is 0 Å². The monoisotopic (exact) mass is 483 g/mol. The molecule has 0 saturated carbocycles. The van der Waals surface area contributed by atoms with E-state index in [0.717, 1.165) is 32.2 Å². The van der Waals surface area contributed by atoms with E-state index in [9.17, 15) is 9.59 Å². The summed E-state index contributed by atoms with van der Waals surface area (Å²) in [7, 11) is 0. The van der Waals surface area contributed by atoms with Crippen LogP contribution in [0.15, 0.2) is 95.6 Å². The van der Waals surface area contributed by atoms with Gasteiger partial charge in [-0.15, -0.1) is 0 Å². The first-order valence-corrected chi connectivity index (χ1v) is 10.9. The maximum atomic E-state index is 13.3. The van der Waals surface area contributed by atoms with Crippen LogP contribution in [0, 0.1) is 0 Å². The lowest BCUT2D eigenvalue weighted by molar-refractivity contribution is -0.114. The van der Waals surface area contributed by atoms with E-state index in [1.54, 1.807) is 17.2 Å². The Morgan fingerprint density at radius 1 is 1.00 bits per heavy atom. The van der Waals surface area contributed by atoms with Crippen molar-refractivity contribution in [1.29, 1.82) is 0 Å². The van der Waals surface area contributed by atoms with Gasteiger partial charge in [-0.2, -0.15) is 0 Å². The van der Waals surface area contributed by atoms with E-state index in [1.807, 2.05) is 72.8 Å². The van der Waals surface area contributed by atoms with Gasteiger partial charge in [0.1, 0.15) is 0 Å². The summed E-state index contributed by atoms with van der Waals surface area (Å²) in [6, 6.07) is 24.7. The van der Waals surface area contributed by atoms with Crippen LogP contribution in [0.1, 0.15) is 11.1 Å². The first kappa shape index (κ1) is 20.2. The highest BCUT2D eigenvalue weighted by Gasteiger charge is 2.32. The highest BCUT2D eigenvalue weighted by Crippen LogP contribution is 2.37. The van der Waals surface area contributed by atoms with Crippen molar-refractivity contribution < 1.29 is 9.59 Å². The molecule has 1 N–H and O–H groups in total. The third-order valence-corrected chi connectivity index (χ3v) is 5.89. The molecule has 0 bridgehead atoms. The molecule has 32 heavy (non-hydrogen) atoms. The van der Waals surface area contributed by atoms with Crippen LogP contribution in [0.3, 0.4) is 0 Å². The Hall–Kier alpha value is -3.77. The first-order valence-electron chi connectivity index (χ1n) is 10.1. The highest BCUT2D eigenvalue weighted by atomic mass is 79.9. The normalized spacial score (nSPS) is 14.1. The van der Waals surface area contributed by atoms with Gasteiger partial charge in [0, 0.05) is 33.4 Å². The molecule has 0 atom stereocenters. The van der Waals surface area contributed by atoms with Crippen molar-refractivity contribution in [2.45, 2.75) is 6.54 Å². The minimum absolute atomic E-state index is 0.188. The van der Waals surface area contributed by atoms with Crippen molar-refractivity contribution in [3.63, 3.8) is 0 Å². The lowest BCUT2D eigenvalue weighted by Crippen LogP contribution is -2.26. The van der Waals surface area contributed by atoms with Gasteiger partial charge in [0.15, 0.2) is 0 Å². The van der Waals surface area contributed by atoms with Crippen LogP contribution in [0.4, 0.5) is 11.4 Å². The molecule has 3 aromatic carbocycles. The zero-order valence-corrected chi connectivity index (χ0v) is 18.5. The van der Waals surface area contributed by atoms with Crippen molar-refractivity contribution in [2.75, 3.05) is 10.2 Å². The largest absolute Gasteiger partial charge is 0.322 e. The number of hydrogen-bond donors (Lipinski definition) is 1. The fourth-order valence-electron chi connectivity index (χ4n) is 3.84. The number of rotatable bonds is 4. The predicted molar refractivity (Wildman–Crippen MR) is 130 cm³/mol. The Morgan fingerprint density at radius 2 is 1.81 bits per heavy atom. The second kappa shape index (κ2) is 8.40. The molecule has 0 spiro atoms. The molecular weight excluding hydrogens is 466 g/mol. The van der Waals surface area contributed by atoms with E-state index in [2.05, 4.69) is 26.2 Å². The van der Waals surface area contributed by atoms with E-state index in [1.165, 1.54) is 6.08 Å². The zero-order valence-electron chi connectivity index (χ0n) is 17.0. The molecule has 156 valence electrons. The van der Waals surface area contributed by atoms with E-state index in [-0.39, 0.29) is 11.8 Å². The maximum absolute atomic E-state index is 13.3. The lowest BCUT2D eigenvalue weighted by Gasteiger charge is -2.17. The number of aromatic nitrogens is 1. The molecule has 0 radical (unpaired) electrons. The Morgan fingerprint density at radius 3 is 2.66 bits per heavy atom. The topological polar surface area (TPSA) is 62.3 Å². The smallest absolute Gasteiger partial charge is 0.259 e.